The Hall–Kier alpha value is -2.83. The SMILES string of the molecule is COc1ccc(C(O)C(=O)N(CCCc2ccccc2)Cc2nc(C(O)NS(C)(=O)=O)c(C)s2)cc1. The van der Waals surface area contributed by atoms with Gasteiger partial charge >= 0.3 is 0 Å². The maximum atomic E-state index is 13.3. The minimum Gasteiger partial charge on any atom is -0.497 e. The number of rotatable bonds is 12. The second kappa shape index (κ2) is 12.4. The van der Waals surface area contributed by atoms with Crippen molar-refractivity contribution in [2.24, 2.45) is 0 Å². The Labute approximate surface area is 215 Å². The highest BCUT2D eigenvalue weighted by atomic mass is 32.2. The summed E-state index contributed by atoms with van der Waals surface area (Å²) >= 11 is 1.26. The molecular formula is C25H31N3O6S2. The minimum absolute atomic E-state index is 0.109. The van der Waals surface area contributed by atoms with Gasteiger partial charge in [-0.1, -0.05) is 42.5 Å². The highest BCUT2D eigenvalue weighted by Gasteiger charge is 2.26. The molecule has 3 aromatic rings. The van der Waals surface area contributed by atoms with Gasteiger partial charge in [0.2, 0.25) is 10.0 Å². The monoisotopic (exact) mass is 533 g/mol. The van der Waals surface area contributed by atoms with Crippen LogP contribution in [0.3, 0.4) is 0 Å². The number of aryl methyl sites for hydroxylation is 2. The van der Waals surface area contributed by atoms with Gasteiger partial charge in [0.15, 0.2) is 12.3 Å². The molecule has 0 saturated heterocycles. The molecule has 3 N–H and O–H groups in total. The van der Waals surface area contributed by atoms with Crippen molar-refractivity contribution in [1.82, 2.24) is 14.6 Å². The largest absolute Gasteiger partial charge is 0.497 e. The first kappa shape index (κ1) is 27.8. The predicted octanol–water partition coefficient (Wildman–Crippen LogP) is 2.70. The number of aliphatic hydroxyl groups excluding tert-OH is 2. The molecule has 0 fully saturated rings. The zero-order chi connectivity index (χ0) is 26.3. The fourth-order valence-electron chi connectivity index (χ4n) is 3.70. The molecule has 9 nitrogen and oxygen atoms in total. The lowest BCUT2D eigenvalue weighted by Gasteiger charge is -2.25. The van der Waals surface area contributed by atoms with Gasteiger partial charge < -0.3 is 19.8 Å². The van der Waals surface area contributed by atoms with E-state index in [1.54, 1.807) is 31.2 Å². The van der Waals surface area contributed by atoms with E-state index in [0.29, 0.717) is 34.2 Å². The van der Waals surface area contributed by atoms with E-state index in [0.717, 1.165) is 18.2 Å². The lowest BCUT2D eigenvalue weighted by atomic mass is 10.1. The van der Waals surface area contributed by atoms with Crippen LogP contribution in [0.2, 0.25) is 0 Å². The van der Waals surface area contributed by atoms with Crippen LogP contribution in [0.4, 0.5) is 0 Å². The van der Waals surface area contributed by atoms with E-state index in [9.17, 15) is 23.4 Å². The zero-order valence-corrected chi connectivity index (χ0v) is 22.1. The van der Waals surface area contributed by atoms with Crippen molar-refractivity contribution in [3.8, 4) is 5.75 Å². The van der Waals surface area contributed by atoms with Crippen molar-refractivity contribution in [2.45, 2.75) is 38.6 Å². The number of nitrogens with zero attached hydrogens (tertiary/aromatic N) is 2. The molecule has 0 aliphatic rings. The number of hydrogen-bond donors (Lipinski definition) is 3. The average Bonchev–Trinajstić information content (AvgIpc) is 3.22. The molecule has 2 unspecified atom stereocenters. The number of carbonyl (C=O) groups excluding carboxylic acids is 1. The van der Waals surface area contributed by atoms with Gasteiger partial charge in [0, 0.05) is 11.4 Å². The second-order valence-corrected chi connectivity index (χ2v) is 11.4. The molecule has 0 aliphatic carbocycles. The molecule has 0 spiro atoms. The van der Waals surface area contributed by atoms with Crippen LogP contribution in [0.1, 0.15) is 45.5 Å². The van der Waals surface area contributed by atoms with Crippen molar-refractivity contribution in [3.63, 3.8) is 0 Å². The Balaban J connectivity index is 1.79. The average molecular weight is 534 g/mol. The fourth-order valence-corrected chi connectivity index (χ4v) is 5.19. The number of methoxy groups -OCH3 is 1. The molecule has 1 heterocycles. The number of thiazole rings is 1. The van der Waals surface area contributed by atoms with Crippen LogP contribution in [0, 0.1) is 6.92 Å². The Kier molecular flexibility index (Phi) is 9.57. The van der Waals surface area contributed by atoms with Crippen LogP contribution in [-0.2, 0) is 27.8 Å². The third-order valence-corrected chi connectivity index (χ3v) is 7.12. The van der Waals surface area contributed by atoms with Crippen molar-refractivity contribution in [3.05, 3.63) is 81.3 Å². The van der Waals surface area contributed by atoms with Crippen LogP contribution >= 0.6 is 11.3 Å². The van der Waals surface area contributed by atoms with Crippen LogP contribution in [0.15, 0.2) is 54.6 Å². The van der Waals surface area contributed by atoms with E-state index in [1.807, 2.05) is 30.3 Å². The summed E-state index contributed by atoms with van der Waals surface area (Å²) in [6.45, 7) is 2.20. The number of hydrogen-bond acceptors (Lipinski definition) is 8. The zero-order valence-electron chi connectivity index (χ0n) is 20.4. The van der Waals surface area contributed by atoms with Crippen LogP contribution in [0.5, 0.6) is 5.75 Å². The van der Waals surface area contributed by atoms with Gasteiger partial charge in [-0.2, -0.15) is 4.72 Å². The number of aliphatic hydroxyl groups is 2. The first-order valence-electron chi connectivity index (χ1n) is 11.3. The van der Waals surface area contributed by atoms with E-state index < -0.39 is 28.3 Å². The van der Waals surface area contributed by atoms with Gasteiger partial charge in [-0.15, -0.1) is 11.3 Å². The molecule has 0 bridgehead atoms. The fraction of sp³-hybridized carbons (Fsp3) is 0.360. The molecule has 2 aromatic carbocycles. The van der Waals surface area contributed by atoms with Gasteiger partial charge in [-0.05, 0) is 43.0 Å². The lowest BCUT2D eigenvalue weighted by molar-refractivity contribution is -0.141. The third kappa shape index (κ3) is 7.84. The predicted molar refractivity (Wildman–Crippen MR) is 138 cm³/mol. The quantitative estimate of drug-likeness (QED) is 0.305. The summed E-state index contributed by atoms with van der Waals surface area (Å²) in [5.41, 5.74) is 1.77. The first-order valence-corrected chi connectivity index (χ1v) is 14.0. The number of ether oxygens (including phenoxy) is 1. The third-order valence-electron chi connectivity index (χ3n) is 5.50. The molecule has 0 saturated carbocycles. The number of amides is 1. The van der Waals surface area contributed by atoms with Crippen molar-refractivity contribution < 1.29 is 28.2 Å². The normalized spacial score (nSPS) is 13.2. The van der Waals surface area contributed by atoms with Crippen molar-refractivity contribution in [1.29, 1.82) is 0 Å². The first-order chi connectivity index (χ1) is 17.1. The standard InChI is InChI=1S/C25H31N3O6S2/c1-17-22(24(30)27-36(3,32)33)26-21(35-17)16-28(15-7-10-18-8-5-4-6-9-18)25(31)23(29)19-11-13-20(34-2)14-12-19/h4-6,8-9,11-14,23-24,27,29-30H,7,10,15-16H2,1-3H3. The topological polar surface area (TPSA) is 129 Å². The van der Waals surface area contributed by atoms with Gasteiger partial charge in [0.1, 0.15) is 10.8 Å². The summed E-state index contributed by atoms with van der Waals surface area (Å²) in [4.78, 5) is 19.9. The van der Waals surface area contributed by atoms with Crippen LogP contribution < -0.4 is 9.46 Å². The number of nitrogens with one attached hydrogen (secondary N) is 1. The highest BCUT2D eigenvalue weighted by molar-refractivity contribution is 7.88. The number of carbonyl (C=O) groups is 1. The number of sulfonamides is 1. The van der Waals surface area contributed by atoms with E-state index in [1.165, 1.54) is 23.3 Å². The highest BCUT2D eigenvalue weighted by Crippen LogP contribution is 2.26. The van der Waals surface area contributed by atoms with E-state index in [4.69, 9.17) is 4.74 Å². The molecule has 36 heavy (non-hydrogen) atoms. The Bertz CT molecular complexity index is 1250. The van der Waals surface area contributed by atoms with Gasteiger partial charge in [0.25, 0.3) is 5.91 Å². The van der Waals surface area contributed by atoms with E-state index in [2.05, 4.69) is 9.71 Å². The smallest absolute Gasteiger partial charge is 0.256 e. The van der Waals surface area contributed by atoms with Gasteiger partial charge in [-0.25, -0.2) is 13.4 Å². The summed E-state index contributed by atoms with van der Waals surface area (Å²) in [5.74, 6) is 0.141. The number of aromatic nitrogens is 1. The molecule has 11 heteroatoms. The molecule has 0 aliphatic heterocycles. The Morgan fingerprint density at radius 1 is 1.14 bits per heavy atom. The summed E-state index contributed by atoms with van der Waals surface area (Å²) in [6.07, 6.45) is -0.488. The molecular weight excluding hydrogens is 502 g/mol. The molecule has 1 amide bonds. The summed E-state index contributed by atoms with van der Waals surface area (Å²) in [5, 5.41) is 21.6. The van der Waals surface area contributed by atoms with Gasteiger partial charge in [-0.3, -0.25) is 4.79 Å². The van der Waals surface area contributed by atoms with Crippen molar-refractivity contribution >= 4 is 27.3 Å². The number of benzene rings is 2. The molecule has 3 rings (SSSR count). The molecule has 194 valence electrons. The Morgan fingerprint density at radius 2 is 1.81 bits per heavy atom. The van der Waals surface area contributed by atoms with E-state index in [-0.39, 0.29) is 12.2 Å². The van der Waals surface area contributed by atoms with Gasteiger partial charge in [0.05, 0.1) is 25.6 Å². The molecule has 1 aromatic heterocycles. The molecule has 2 atom stereocenters. The lowest BCUT2D eigenvalue weighted by Crippen LogP contribution is -2.35. The van der Waals surface area contributed by atoms with Crippen LogP contribution in [0.25, 0.3) is 0 Å². The summed E-state index contributed by atoms with van der Waals surface area (Å²) in [7, 11) is -2.10. The van der Waals surface area contributed by atoms with E-state index >= 15 is 0 Å². The van der Waals surface area contributed by atoms with Crippen LogP contribution in [-0.4, -0.2) is 54.3 Å². The minimum atomic E-state index is -3.64. The second-order valence-electron chi connectivity index (χ2n) is 8.37. The van der Waals surface area contributed by atoms with Crippen molar-refractivity contribution in [2.75, 3.05) is 19.9 Å². The maximum absolute atomic E-state index is 13.3. The summed E-state index contributed by atoms with van der Waals surface area (Å²) < 4.78 is 30.3. The summed E-state index contributed by atoms with van der Waals surface area (Å²) in [6, 6.07) is 16.5. The Morgan fingerprint density at radius 3 is 2.42 bits per heavy atom. The maximum Gasteiger partial charge on any atom is 0.256 e. The molecule has 0 radical (unpaired) electrons.